The average molecular weight is 324 g/mol. The van der Waals surface area contributed by atoms with Crippen molar-refractivity contribution in [1.82, 2.24) is 0 Å². The lowest BCUT2D eigenvalue weighted by Gasteiger charge is -2.13. The van der Waals surface area contributed by atoms with Gasteiger partial charge in [0.05, 0.1) is 11.0 Å². The van der Waals surface area contributed by atoms with Gasteiger partial charge in [0.2, 0.25) is 0 Å². The van der Waals surface area contributed by atoms with Gasteiger partial charge in [0.1, 0.15) is 17.0 Å². The molecule has 0 spiro atoms. The molecule has 1 N–H and O–H groups in total. The lowest BCUT2D eigenvalue weighted by molar-refractivity contribution is -0.384. The van der Waals surface area contributed by atoms with E-state index in [0.717, 1.165) is 11.0 Å². The minimum Gasteiger partial charge on any atom is -0.459 e. The Bertz CT molecular complexity index is 897. The molecule has 1 heterocycles. The molecule has 3 aromatic rings. The summed E-state index contributed by atoms with van der Waals surface area (Å²) < 4.78 is 5.78. The normalized spacial score (nSPS) is 12.1. The molecule has 0 aliphatic heterocycles. The predicted octanol–water partition coefficient (Wildman–Crippen LogP) is 4.72. The standard InChI is InChI=1S/C18H16N2O4/c1-11(18-10-14-5-3-4-6-17(14)24-18)19-15-8-7-13(12(2)21)9-16(15)20(22)23/h3-11,19H,1-2H3. The number of benzene rings is 2. The molecule has 24 heavy (non-hydrogen) atoms. The second-order valence-electron chi connectivity index (χ2n) is 5.60. The van der Waals surface area contributed by atoms with Crippen LogP contribution in [-0.4, -0.2) is 10.7 Å². The van der Waals surface area contributed by atoms with Gasteiger partial charge in [0.15, 0.2) is 5.78 Å². The van der Waals surface area contributed by atoms with E-state index in [2.05, 4.69) is 5.32 Å². The SMILES string of the molecule is CC(=O)c1ccc(NC(C)c2cc3ccccc3o2)c([N+](=O)[O-])c1. The molecule has 1 atom stereocenters. The van der Waals surface area contributed by atoms with E-state index in [0.29, 0.717) is 17.0 Å². The van der Waals surface area contributed by atoms with Gasteiger partial charge in [-0.1, -0.05) is 18.2 Å². The van der Waals surface area contributed by atoms with Crippen LogP contribution < -0.4 is 5.32 Å². The molecular weight excluding hydrogens is 308 g/mol. The van der Waals surface area contributed by atoms with Crippen LogP contribution in [0.3, 0.4) is 0 Å². The molecule has 1 aromatic heterocycles. The van der Waals surface area contributed by atoms with Gasteiger partial charge < -0.3 is 9.73 Å². The fourth-order valence-electron chi connectivity index (χ4n) is 2.54. The number of nitro benzene ring substituents is 1. The van der Waals surface area contributed by atoms with Crippen molar-refractivity contribution in [1.29, 1.82) is 0 Å². The van der Waals surface area contributed by atoms with Crippen LogP contribution >= 0.6 is 0 Å². The molecule has 0 bridgehead atoms. The highest BCUT2D eigenvalue weighted by molar-refractivity contribution is 5.95. The summed E-state index contributed by atoms with van der Waals surface area (Å²) in [5.41, 5.74) is 1.29. The number of nitrogens with one attached hydrogen (secondary N) is 1. The first-order chi connectivity index (χ1) is 11.5. The molecule has 0 radical (unpaired) electrons. The Morgan fingerprint density at radius 3 is 2.62 bits per heavy atom. The van der Waals surface area contributed by atoms with Gasteiger partial charge in [0, 0.05) is 17.0 Å². The van der Waals surface area contributed by atoms with E-state index in [1.165, 1.54) is 13.0 Å². The van der Waals surface area contributed by atoms with Crippen molar-refractivity contribution in [3.8, 4) is 0 Å². The third kappa shape index (κ3) is 2.99. The summed E-state index contributed by atoms with van der Waals surface area (Å²) in [6, 6.07) is 13.7. The topological polar surface area (TPSA) is 85.4 Å². The van der Waals surface area contributed by atoms with E-state index in [1.54, 1.807) is 12.1 Å². The predicted molar refractivity (Wildman–Crippen MR) is 91.4 cm³/mol. The zero-order valence-corrected chi connectivity index (χ0v) is 13.3. The molecule has 0 amide bonds. The second-order valence-corrected chi connectivity index (χ2v) is 5.60. The molecule has 1 unspecified atom stereocenters. The highest BCUT2D eigenvalue weighted by atomic mass is 16.6. The van der Waals surface area contributed by atoms with E-state index in [1.807, 2.05) is 37.3 Å². The Morgan fingerprint density at radius 2 is 1.96 bits per heavy atom. The van der Waals surface area contributed by atoms with Crippen LogP contribution in [0, 0.1) is 10.1 Å². The molecule has 122 valence electrons. The lowest BCUT2D eigenvalue weighted by Crippen LogP contribution is -2.08. The van der Waals surface area contributed by atoms with Crippen LogP contribution in [0.15, 0.2) is 52.9 Å². The second kappa shape index (κ2) is 6.16. The number of carbonyl (C=O) groups excluding carboxylic acids is 1. The van der Waals surface area contributed by atoms with Crippen molar-refractivity contribution >= 4 is 28.1 Å². The van der Waals surface area contributed by atoms with Crippen molar-refractivity contribution in [2.45, 2.75) is 19.9 Å². The van der Waals surface area contributed by atoms with Crippen LogP contribution in [0.1, 0.15) is 36.0 Å². The molecule has 0 aliphatic rings. The average Bonchev–Trinajstić information content (AvgIpc) is 2.99. The number of ketones is 1. The zero-order chi connectivity index (χ0) is 17.3. The Morgan fingerprint density at radius 1 is 1.21 bits per heavy atom. The van der Waals surface area contributed by atoms with E-state index < -0.39 is 4.92 Å². The van der Waals surface area contributed by atoms with Crippen LogP contribution in [0.4, 0.5) is 11.4 Å². The first kappa shape index (κ1) is 15.7. The molecule has 0 saturated heterocycles. The Hall–Kier alpha value is -3.15. The highest BCUT2D eigenvalue weighted by Crippen LogP contribution is 2.31. The van der Waals surface area contributed by atoms with Gasteiger partial charge in [-0.25, -0.2) is 0 Å². The minimum absolute atomic E-state index is 0.134. The van der Waals surface area contributed by atoms with Crippen molar-refractivity contribution in [2.24, 2.45) is 0 Å². The quantitative estimate of drug-likeness (QED) is 0.417. The molecule has 6 nitrogen and oxygen atoms in total. The largest absolute Gasteiger partial charge is 0.459 e. The number of para-hydroxylation sites is 1. The molecule has 0 aliphatic carbocycles. The summed E-state index contributed by atoms with van der Waals surface area (Å²) in [4.78, 5) is 22.2. The van der Waals surface area contributed by atoms with Gasteiger partial charge in [-0.05, 0) is 38.1 Å². The van der Waals surface area contributed by atoms with Gasteiger partial charge in [0.25, 0.3) is 5.69 Å². The Labute approximate surface area is 138 Å². The molecular formula is C18H16N2O4. The highest BCUT2D eigenvalue weighted by Gasteiger charge is 2.19. The van der Waals surface area contributed by atoms with Gasteiger partial charge in [-0.15, -0.1) is 0 Å². The van der Waals surface area contributed by atoms with Gasteiger partial charge >= 0.3 is 0 Å². The fourth-order valence-corrected chi connectivity index (χ4v) is 2.54. The third-order valence-corrected chi connectivity index (χ3v) is 3.84. The first-order valence-electron chi connectivity index (χ1n) is 7.50. The summed E-state index contributed by atoms with van der Waals surface area (Å²) in [6.45, 7) is 3.24. The van der Waals surface area contributed by atoms with Crippen LogP contribution in [0.2, 0.25) is 0 Å². The molecule has 0 saturated carbocycles. The van der Waals surface area contributed by atoms with Crippen molar-refractivity contribution in [3.05, 3.63) is 70.0 Å². The van der Waals surface area contributed by atoms with Crippen LogP contribution in [0.25, 0.3) is 11.0 Å². The van der Waals surface area contributed by atoms with Gasteiger partial charge in [-0.2, -0.15) is 0 Å². The van der Waals surface area contributed by atoms with Crippen molar-refractivity contribution in [3.63, 3.8) is 0 Å². The first-order valence-corrected chi connectivity index (χ1v) is 7.50. The van der Waals surface area contributed by atoms with Crippen molar-refractivity contribution < 1.29 is 14.1 Å². The maximum Gasteiger partial charge on any atom is 0.293 e. The monoisotopic (exact) mass is 324 g/mol. The number of nitrogens with zero attached hydrogens (tertiary/aromatic N) is 1. The maximum atomic E-state index is 11.4. The molecule has 3 rings (SSSR count). The Kier molecular flexibility index (Phi) is 4.04. The minimum atomic E-state index is -0.500. The lowest BCUT2D eigenvalue weighted by atomic mass is 10.1. The summed E-state index contributed by atoms with van der Waals surface area (Å²) in [6.07, 6.45) is 0. The van der Waals surface area contributed by atoms with Crippen molar-refractivity contribution in [2.75, 3.05) is 5.32 Å². The van der Waals surface area contributed by atoms with Crippen LogP contribution in [0.5, 0.6) is 0 Å². The maximum absolute atomic E-state index is 11.4. The summed E-state index contributed by atoms with van der Waals surface area (Å²) >= 11 is 0. The number of fused-ring (bicyclic) bond motifs is 1. The third-order valence-electron chi connectivity index (χ3n) is 3.84. The number of anilines is 1. The molecule has 6 heteroatoms. The summed E-state index contributed by atoms with van der Waals surface area (Å²) in [5.74, 6) is 0.469. The van der Waals surface area contributed by atoms with E-state index in [9.17, 15) is 14.9 Å². The number of hydrogen-bond donors (Lipinski definition) is 1. The fraction of sp³-hybridized carbons (Fsp3) is 0.167. The number of nitro groups is 1. The van der Waals surface area contributed by atoms with Crippen LogP contribution in [-0.2, 0) is 0 Å². The molecule has 2 aromatic carbocycles. The molecule has 0 fully saturated rings. The summed E-state index contributed by atoms with van der Waals surface area (Å²) in [5, 5.41) is 15.3. The van der Waals surface area contributed by atoms with E-state index >= 15 is 0 Å². The van der Waals surface area contributed by atoms with E-state index in [-0.39, 0.29) is 17.5 Å². The smallest absolute Gasteiger partial charge is 0.293 e. The number of hydrogen-bond acceptors (Lipinski definition) is 5. The van der Waals surface area contributed by atoms with E-state index in [4.69, 9.17) is 4.42 Å². The number of rotatable bonds is 5. The van der Waals surface area contributed by atoms with Gasteiger partial charge in [-0.3, -0.25) is 14.9 Å². The Balaban J connectivity index is 1.92. The summed E-state index contributed by atoms with van der Waals surface area (Å²) in [7, 11) is 0. The zero-order valence-electron chi connectivity index (χ0n) is 13.3. The number of carbonyl (C=O) groups is 1. The number of furan rings is 1. The number of Topliss-reactive ketones (excluding diaryl/α,β-unsaturated/α-hetero) is 1.